The van der Waals surface area contributed by atoms with Crippen LogP contribution in [0.15, 0.2) is 30.3 Å². The van der Waals surface area contributed by atoms with E-state index >= 15 is 0 Å². The van der Waals surface area contributed by atoms with Crippen LogP contribution in [0.2, 0.25) is 0 Å². The van der Waals surface area contributed by atoms with Crippen LogP contribution in [0.5, 0.6) is 0 Å². The molecule has 0 radical (unpaired) electrons. The molecule has 5 rings (SSSR count). The lowest BCUT2D eigenvalue weighted by molar-refractivity contribution is 0.0728. The van der Waals surface area contributed by atoms with Crippen LogP contribution in [0.4, 0.5) is 10.5 Å². The second-order valence-corrected chi connectivity index (χ2v) is 7.00. The van der Waals surface area contributed by atoms with Crippen molar-refractivity contribution >= 4 is 11.7 Å². The number of piperidine rings is 3. The highest BCUT2D eigenvalue weighted by Gasteiger charge is 2.35. The van der Waals surface area contributed by atoms with Gasteiger partial charge >= 0.3 is 6.03 Å². The standard InChI is InChI=1S/C18H26N4O/c23-18(19-17-14-20-8-6-15(17)7-9-20)22-12-10-21(11-13-22)16-4-2-1-3-5-16/h1-5,15,17H,6-14H2,(H,19,23). The zero-order valence-corrected chi connectivity index (χ0v) is 13.7. The average Bonchev–Trinajstić information content (AvgIpc) is 2.63. The van der Waals surface area contributed by atoms with Crippen molar-refractivity contribution in [3.63, 3.8) is 0 Å². The molecule has 1 aromatic carbocycles. The number of hydrogen-bond donors (Lipinski definition) is 1. The number of fused-ring (bicyclic) bond motifs is 3. The summed E-state index contributed by atoms with van der Waals surface area (Å²) in [6, 6.07) is 11.0. The number of amides is 2. The Morgan fingerprint density at radius 3 is 2.26 bits per heavy atom. The molecule has 4 saturated heterocycles. The third-order valence-corrected chi connectivity index (χ3v) is 5.65. The third-order valence-electron chi connectivity index (χ3n) is 5.65. The molecule has 1 N–H and O–H groups in total. The number of nitrogens with one attached hydrogen (secondary N) is 1. The van der Waals surface area contributed by atoms with Crippen LogP contribution in [-0.4, -0.2) is 67.7 Å². The van der Waals surface area contributed by atoms with E-state index in [0.717, 1.165) is 32.7 Å². The Hall–Kier alpha value is -1.75. The fraction of sp³-hybridized carbons (Fsp3) is 0.611. The molecule has 1 aromatic rings. The van der Waals surface area contributed by atoms with Gasteiger partial charge < -0.3 is 20.0 Å². The number of piperazine rings is 1. The van der Waals surface area contributed by atoms with Crippen molar-refractivity contribution < 1.29 is 4.79 Å². The Bertz CT molecular complexity index is 533. The molecule has 23 heavy (non-hydrogen) atoms. The predicted molar refractivity (Wildman–Crippen MR) is 91.7 cm³/mol. The first-order chi connectivity index (χ1) is 11.3. The second-order valence-electron chi connectivity index (χ2n) is 7.00. The topological polar surface area (TPSA) is 38.8 Å². The molecule has 124 valence electrons. The van der Waals surface area contributed by atoms with E-state index in [4.69, 9.17) is 0 Å². The molecule has 0 saturated carbocycles. The number of urea groups is 1. The highest BCUT2D eigenvalue weighted by molar-refractivity contribution is 5.75. The van der Waals surface area contributed by atoms with Gasteiger partial charge in [-0.25, -0.2) is 4.79 Å². The largest absolute Gasteiger partial charge is 0.368 e. The summed E-state index contributed by atoms with van der Waals surface area (Å²) in [5.74, 6) is 0.689. The number of nitrogens with zero attached hydrogens (tertiary/aromatic N) is 3. The number of carbonyl (C=O) groups is 1. The predicted octanol–water partition coefficient (Wildman–Crippen LogP) is 1.61. The van der Waals surface area contributed by atoms with Gasteiger partial charge in [0.25, 0.3) is 0 Å². The molecule has 0 aromatic heterocycles. The average molecular weight is 314 g/mol. The molecule has 5 heteroatoms. The minimum absolute atomic E-state index is 0.136. The zero-order chi connectivity index (χ0) is 15.6. The monoisotopic (exact) mass is 314 g/mol. The summed E-state index contributed by atoms with van der Waals surface area (Å²) < 4.78 is 0. The van der Waals surface area contributed by atoms with Crippen LogP contribution in [0.25, 0.3) is 0 Å². The van der Waals surface area contributed by atoms with Crippen molar-refractivity contribution in [1.82, 2.24) is 15.1 Å². The van der Waals surface area contributed by atoms with Crippen LogP contribution < -0.4 is 10.2 Å². The molecular weight excluding hydrogens is 288 g/mol. The molecule has 1 unspecified atom stereocenters. The molecular formula is C18H26N4O. The molecule has 4 heterocycles. The van der Waals surface area contributed by atoms with Gasteiger partial charge in [-0.3, -0.25) is 0 Å². The van der Waals surface area contributed by atoms with Crippen molar-refractivity contribution in [2.75, 3.05) is 50.7 Å². The minimum atomic E-state index is 0.136. The quantitative estimate of drug-likeness (QED) is 0.901. The van der Waals surface area contributed by atoms with Crippen LogP contribution in [0.1, 0.15) is 12.8 Å². The Balaban J connectivity index is 1.29. The third kappa shape index (κ3) is 3.15. The van der Waals surface area contributed by atoms with Gasteiger partial charge in [0.2, 0.25) is 0 Å². The van der Waals surface area contributed by atoms with E-state index in [1.54, 1.807) is 0 Å². The molecule has 0 spiro atoms. The van der Waals surface area contributed by atoms with Gasteiger partial charge in [-0.1, -0.05) is 18.2 Å². The fourth-order valence-corrected chi connectivity index (χ4v) is 4.19. The maximum absolute atomic E-state index is 12.6. The van der Waals surface area contributed by atoms with Gasteiger partial charge in [0.15, 0.2) is 0 Å². The molecule has 4 aliphatic rings. The van der Waals surface area contributed by atoms with Gasteiger partial charge in [0, 0.05) is 44.5 Å². The Morgan fingerprint density at radius 1 is 0.957 bits per heavy atom. The van der Waals surface area contributed by atoms with Gasteiger partial charge in [0.1, 0.15) is 0 Å². The minimum Gasteiger partial charge on any atom is -0.368 e. The Labute approximate surface area is 138 Å². The van der Waals surface area contributed by atoms with E-state index in [2.05, 4.69) is 39.4 Å². The highest BCUT2D eigenvalue weighted by atomic mass is 16.2. The lowest BCUT2D eigenvalue weighted by Gasteiger charge is -2.45. The normalized spacial score (nSPS) is 30.3. The van der Waals surface area contributed by atoms with Crippen molar-refractivity contribution in [3.05, 3.63) is 30.3 Å². The van der Waals surface area contributed by atoms with Gasteiger partial charge in [-0.15, -0.1) is 0 Å². The Morgan fingerprint density at radius 2 is 1.65 bits per heavy atom. The first-order valence-electron chi connectivity index (χ1n) is 8.87. The smallest absolute Gasteiger partial charge is 0.317 e. The summed E-state index contributed by atoms with van der Waals surface area (Å²) in [6.07, 6.45) is 2.49. The van der Waals surface area contributed by atoms with E-state index < -0.39 is 0 Å². The van der Waals surface area contributed by atoms with Gasteiger partial charge in [0.05, 0.1) is 0 Å². The summed E-state index contributed by atoms with van der Waals surface area (Å²) in [6.45, 7) is 6.92. The van der Waals surface area contributed by atoms with Gasteiger partial charge in [-0.2, -0.15) is 0 Å². The molecule has 0 aliphatic carbocycles. The molecule has 4 aliphatic heterocycles. The molecule has 4 fully saturated rings. The molecule has 1 atom stereocenters. The summed E-state index contributed by atoms with van der Waals surface area (Å²) in [5.41, 5.74) is 1.25. The maximum Gasteiger partial charge on any atom is 0.317 e. The maximum atomic E-state index is 12.6. The second kappa shape index (κ2) is 6.40. The summed E-state index contributed by atoms with van der Waals surface area (Å²) in [7, 11) is 0. The van der Waals surface area contributed by atoms with E-state index in [1.165, 1.54) is 31.6 Å². The summed E-state index contributed by atoms with van der Waals surface area (Å²) >= 11 is 0. The zero-order valence-electron chi connectivity index (χ0n) is 13.7. The van der Waals surface area contributed by atoms with E-state index in [-0.39, 0.29) is 6.03 Å². The van der Waals surface area contributed by atoms with Crippen molar-refractivity contribution in [2.24, 2.45) is 5.92 Å². The van der Waals surface area contributed by atoms with Gasteiger partial charge in [-0.05, 0) is 44.0 Å². The first kappa shape index (κ1) is 14.8. The molecule has 5 nitrogen and oxygen atoms in total. The van der Waals surface area contributed by atoms with Crippen molar-refractivity contribution in [1.29, 1.82) is 0 Å². The molecule has 2 amide bonds. The van der Waals surface area contributed by atoms with Crippen molar-refractivity contribution in [3.8, 4) is 0 Å². The lowest BCUT2D eigenvalue weighted by Crippen LogP contribution is -2.60. The van der Waals surface area contributed by atoms with E-state index in [0.29, 0.717) is 12.0 Å². The summed E-state index contributed by atoms with van der Waals surface area (Å²) in [5, 5.41) is 3.30. The van der Waals surface area contributed by atoms with E-state index in [9.17, 15) is 4.79 Å². The highest BCUT2D eigenvalue weighted by Crippen LogP contribution is 2.27. The van der Waals surface area contributed by atoms with E-state index in [1.807, 2.05) is 11.0 Å². The Kier molecular flexibility index (Phi) is 4.12. The number of hydrogen-bond acceptors (Lipinski definition) is 3. The van der Waals surface area contributed by atoms with Crippen LogP contribution in [0.3, 0.4) is 0 Å². The molecule has 2 bridgehead atoms. The van der Waals surface area contributed by atoms with Crippen molar-refractivity contribution in [2.45, 2.75) is 18.9 Å². The SMILES string of the molecule is O=C(NC1CN2CCC1CC2)N1CCN(c2ccccc2)CC1. The van der Waals surface area contributed by atoms with Crippen LogP contribution >= 0.6 is 0 Å². The van der Waals surface area contributed by atoms with Crippen LogP contribution in [-0.2, 0) is 0 Å². The lowest BCUT2D eigenvalue weighted by atomic mass is 9.84. The number of benzene rings is 1. The number of anilines is 1. The fourth-order valence-electron chi connectivity index (χ4n) is 4.19. The van der Waals surface area contributed by atoms with Crippen LogP contribution in [0, 0.1) is 5.92 Å². The first-order valence-corrected chi connectivity index (χ1v) is 8.87. The number of rotatable bonds is 2. The summed E-state index contributed by atoms with van der Waals surface area (Å²) in [4.78, 5) is 19.4. The number of para-hydroxylation sites is 1. The number of carbonyl (C=O) groups excluding carboxylic acids is 1.